The molecule has 6 aliphatic heterocycles. The maximum absolute atomic E-state index is 13.8. The van der Waals surface area contributed by atoms with Crippen LogP contribution in [0.15, 0.2) is 23.8 Å². The summed E-state index contributed by atoms with van der Waals surface area (Å²) in [6, 6.07) is 0. The van der Waals surface area contributed by atoms with E-state index in [0.29, 0.717) is 32.1 Å². The maximum Gasteiger partial charge on any atom is 0.397 e. The number of methoxy groups -OCH3 is 1. The van der Waals surface area contributed by atoms with Crippen LogP contribution in [0.1, 0.15) is 80.1 Å². The van der Waals surface area contributed by atoms with Gasteiger partial charge in [0, 0.05) is 18.4 Å². The van der Waals surface area contributed by atoms with Gasteiger partial charge in [-0.15, -0.1) is 0 Å². The molecule has 31 atom stereocenters. The summed E-state index contributed by atoms with van der Waals surface area (Å²) in [7, 11) is -4.04. The Bertz CT molecular complexity index is 2490. The Hall–Kier alpha value is -2.06. The van der Waals surface area contributed by atoms with Crippen molar-refractivity contribution in [3.8, 4) is 0 Å². The number of hydrogen-bond acceptors (Lipinski definition) is 27. The maximum atomic E-state index is 13.8. The van der Waals surface area contributed by atoms with Gasteiger partial charge in [-0.2, -0.15) is 8.42 Å². The molecular weight excluding hydrogens is 1130 g/mol. The van der Waals surface area contributed by atoms with E-state index in [1.165, 1.54) is 19.6 Å². The van der Waals surface area contributed by atoms with Gasteiger partial charge in [0.15, 0.2) is 31.5 Å². The molecule has 0 aromatic rings. The Morgan fingerprint density at radius 3 is 1.94 bits per heavy atom. The van der Waals surface area contributed by atoms with E-state index in [0.717, 1.165) is 12.0 Å². The highest BCUT2D eigenvalue weighted by molar-refractivity contribution is 7.80. The molecule has 0 amide bonds. The monoisotopic (exact) mass is 1210 g/mol. The molecule has 9 fully saturated rings. The SMILES string of the molecule is C=C(C)[C@H]1[C@@H]2C[C@@]3(C)C4=CC[C@H]5C(C)(C)[C@@H](O[C@@H]6OC[C@@H](OS(=O)(=O)O)[C@H](O)[C@H]6O[C@@H]6O[C@H](C)[C@@H](O[C@@H]7O[C@H](CO)[C@@H](O)[C@H](O[C@@H]8OC[C@@H](O)[C@H](OC)[C@H]8O)[C@H]7O)[C@H](O)[C@H]6O[C@@H]6O[C@H](CO)[C@@H](O)[C@H](O)[C@H]6O)CC[C@]5(C)[C@@H]4CC[C@]13C(=O)O2. The highest BCUT2D eigenvalue weighted by Gasteiger charge is 2.76. The fourth-order valence-electron chi connectivity index (χ4n) is 16.4. The molecule has 6 heterocycles. The van der Waals surface area contributed by atoms with E-state index in [-0.39, 0.29) is 41.8 Å². The highest BCUT2D eigenvalue weighted by atomic mass is 32.3. The van der Waals surface area contributed by atoms with Gasteiger partial charge in [0.1, 0.15) is 110 Å². The van der Waals surface area contributed by atoms with Crippen molar-refractivity contribution in [3.05, 3.63) is 23.8 Å². The van der Waals surface area contributed by atoms with Crippen LogP contribution in [0.25, 0.3) is 0 Å². The largest absolute Gasteiger partial charge is 0.461 e. The second kappa shape index (κ2) is 23.7. The lowest BCUT2D eigenvalue weighted by molar-refractivity contribution is -0.405. The first kappa shape index (κ1) is 63.9. The smallest absolute Gasteiger partial charge is 0.397 e. The second-order valence-corrected chi connectivity index (χ2v) is 26.6. The summed E-state index contributed by atoms with van der Waals surface area (Å²) in [5, 5.41) is 122. The summed E-state index contributed by atoms with van der Waals surface area (Å²) < 4.78 is 111. The van der Waals surface area contributed by atoms with Crippen molar-refractivity contribution < 1.29 is 135 Å². The number of carbonyl (C=O) groups excluding carboxylic acids is 1. The lowest BCUT2D eigenvalue weighted by Crippen LogP contribution is -2.68. The number of rotatable bonds is 16. The first-order chi connectivity index (χ1) is 39.0. The van der Waals surface area contributed by atoms with Gasteiger partial charge in [-0.25, -0.2) is 4.18 Å². The molecule has 28 nitrogen and oxygen atoms in total. The third-order valence-electron chi connectivity index (χ3n) is 20.6. The molecule has 10 rings (SSSR count). The minimum absolute atomic E-state index is 0.00861. The van der Waals surface area contributed by atoms with Crippen molar-refractivity contribution in [2.45, 2.75) is 234 Å². The number of aliphatic hydroxyl groups excluding tert-OH is 11. The second-order valence-electron chi connectivity index (χ2n) is 25.5. The van der Waals surface area contributed by atoms with Crippen LogP contribution < -0.4 is 0 Å². The van der Waals surface area contributed by atoms with E-state index in [2.05, 4.69) is 40.3 Å². The number of allylic oxidation sites excluding steroid dienone is 2. The lowest BCUT2D eigenvalue weighted by atomic mass is 9.40. The molecule has 29 heteroatoms. The molecule has 83 heavy (non-hydrogen) atoms. The molecule has 3 saturated carbocycles. The van der Waals surface area contributed by atoms with Gasteiger partial charge < -0.3 is 113 Å². The molecule has 474 valence electrons. The molecule has 0 aromatic heterocycles. The Balaban J connectivity index is 0.924. The number of carbonyl (C=O) groups is 1. The predicted octanol–water partition coefficient (Wildman–Crippen LogP) is -3.05. The lowest BCUT2D eigenvalue weighted by Gasteiger charge is -2.64. The van der Waals surface area contributed by atoms with Gasteiger partial charge in [0.05, 0.1) is 44.1 Å². The Morgan fingerprint density at radius 1 is 0.687 bits per heavy atom. The van der Waals surface area contributed by atoms with Crippen molar-refractivity contribution >= 4 is 16.4 Å². The molecule has 6 saturated heterocycles. The van der Waals surface area contributed by atoms with Crippen LogP contribution in [0.5, 0.6) is 0 Å². The Morgan fingerprint density at radius 2 is 1.29 bits per heavy atom. The zero-order chi connectivity index (χ0) is 60.4. The molecule has 1 spiro atoms. The molecule has 10 aliphatic rings. The molecule has 0 unspecified atom stereocenters. The van der Waals surface area contributed by atoms with Crippen LogP contribution in [0.3, 0.4) is 0 Å². The number of hydrogen-bond donors (Lipinski definition) is 12. The van der Waals surface area contributed by atoms with Crippen LogP contribution in [0.4, 0.5) is 0 Å². The summed E-state index contributed by atoms with van der Waals surface area (Å²) in [6.45, 7) is 13.5. The Kier molecular flexibility index (Phi) is 18.3. The zero-order valence-electron chi connectivity index (χ0n) is 47.3. The van der Waals surface area contributed by atoms with E-state index in [1.807, 2.05) is 6.92 Å². The first-order valence-corrected chi connectivity index (χ1v) is 29.9. The molecule has 0 radical (unpaired) electrons. The third kappa shape index (κ3) is 10.8. The van der Waals surface area contributed by atoms with Crippen LogP contribution >= 0.6 is 0 Å². The van der Waals surface area contributed by atoms with Crippen molar-refractivity contribution in [3.63, 3.8) is 0 Å². The molecular formula is C54H84O28S. The van der Waals surface area contributed by atoms with Crippen molar-refractivity contribution in [1.82, 2.24) is 0 Å². The summed E-state index contributed by atoms with van der Waals surface area (Å²) >= 11 is 0. The number of esters is 1. The zero-order valence-corrected chi connectivity index (χ0v) is 48.1. The van der Waals surface area contributed by atoms with Gasteiger partial charge in [0.2, 0.25) is 0 Å². The molecule has 2 bridgehead atoms. The van der Waals surface area contributed by atoms with Crippen molar-refractivity contribution in [2.24, 2.45) is 39.4 Å². The topological polar surface area (TPSA) is 414 Å². The van der Waals surface area contributed by atoms with Crippen LogP contribution in [-0.4, -0.2) is 262 Å². The van der Waals surface area contributed by atoms with Gasteiger partial charge in [-0.3, -0.25) is 9.35 Å². The fourth-order valence-corrected chi connectivity index (χ4v) is 16.9. The van der Waals surface area contributed by atoms with Gasteiger partial charge >= 0.3 is 16.4 Å². The number of ether oxygens (including phenoxy) is 12. The quantitative estimate of drug-likeness (QED) is 0.0415. The van der Waals surface area contributed by atoms with Crippen molar-refractivity contribution in [2.75, 3.05) is 33.5 Å². The van der Waals surface area contributed by atoms with Gasteiger partial charge in [0.25, 0.3) is 0 Å². The van der Waals surface area contributed by atoms with E-state index < -0.39 is 194 Å². The van der Waals surface area contributed by atoms with Gasteiger partial charge in [-0.1, -0.05) is 51.5 Å². The summed E-state index contributed by atoms with van der Waals surface area (Å²) in [5.41, 5.74) is 0.167. The third-order valence-corrected chi connectivity index (χ3v) is 21.1. The average Bonchev–Trinajstić information content (AvgIpc) is 1.89. The van der Waals surface area contributed by atoms with E-state index in [1.54, 1.807) is 0 Å². The highest BCUT2D eigenvalue weighted by Crippen LogP contribution is 2.76. The minimum Gasteiger partial charge on any atom is -0.461 e. The first-order valence-electron chi connectivity index (χ1n) is 28.5. The van der Waals surface area contributed by atoms with Crippen molar-refractivity contribution in [1.29, 1.82) is 0 Å². The van der Waals surface area contributed by atoms with Crippen LogP contribution in [-0.2, 0) is 76.2 Å². The molecule has 0 aromatic carbocycles. The van der Waals surface area contributed by atoms with E-state index in [9.17, 15) is 73.9 Å². The Labute approximate surface area is 480 Å². The van der Waals surface area contributed by atoms with Gasteiger partial charge in [-0.05, 0) is 75.0 Å². The summed E-state index contributed by atoms with van der Waals surface area (Å²) in [5.74, 6) is -0.120. The van der Waals surface area contributed by atoms with Crippen LogP contribution in [0, 0.1) is 39.4 Å². The fraction of sp³-hybridized carbons (Fsp3) is 0.907. The van der Waals surface area contributed by atoms with E-state index in [4.69, 9.17) is 61.0 Å². The number of aliphatic hydroxyl groups is 11. The van der Waals surface area contributed by atoms with E-state index >= 15 is 0 Å². The molecule has 4 aliphatic carbocycles. The molecule has 12 N–H and O–H groups in total. The summed E-state index contributed by atoms with van der Waals surface area (Å²) in [4.78, 5) is 13.8. The number of fused-ring (bicyclic) bond motifs is 5. The van der Waals surface area contributed by atoms with Crippen LogP contribution in [0.2, 0.25) is 0 Å². The normalized spacial score (nSPS) is 52.4. The standard InChI is InChI=1S/C54H84O28S/c1-20(2)31-25-15-53(7)23-9-10-29-51(4,5)30(12-13-52(29,6)22(23)11-14-54(31,53)50(66)76-25)77-48-43(34(60)28(19-72-48)82-83(67,68)69)81-49-44(80-46-36(62)35(61)32(58)26(16-55)74-46)37(63)40(21(3)73-49)78-47-39(65)42(33(59)27(17-56)75-47)79-45-38(64)41(70-8)24(57)18-71-45/h9,21-22,24-49,55-65H,1,10-19H2,2-8H3,(H,67,68,69)/t21-,22-,24-,25+,26-,27-,28-,29+,30+,31+,32-,33-,34+,35+,36-,37+,38-,39-,40-,41+,42+,43-,44-,45+,46+,47+,48+,49+,52-,53+,54-/m1/s1. The summed E-state index contributed by atoms with van der Waals surface area (Å²) in [6.07, 6.45) is -35.4. The average molecular weight is 1210 g/mol. The minimum atomic E-state index is -5.26. The predicted molar refractivity (Wildman–Crippen MR) is 274 cm³/mol.